The maximum Gasteiger partial charge on any atom is 0.305 e. The number of aliphatic hydroxyl groups excluding tert-OH is 2. The minimum absolute atomic E-state index is 0.00451. The monoisotopic (exact) mass is 988 g/mol. The Kier molecular flexibility index (Phi) is 59.0. The molecule has 0 aromatic rings. The van der Waals surface area contributed by atoms with Gasteiger partial charge < -0.3 is 20.3 Å². The van der Waals surface area contributed by atoms with Crippen molar-refractivity contribution >= 4 is 11.9 Å². The number of allylic oxidation sites excluding steroid dienone is 2. The van der Waals surface area contributed by atoms with Gasteiger partial charge in [0.15, 0.2) is 0 Å². The summed E-state index contributed by atoms with van der Waals surface area (Å²) < 4.78 is 5.48. The molecule has 0 bridgehead atoms. The summed E-state index contributed by atoms with van der Waals surface area (Å²) in [4.78, 5) is 24.6. The third kappa shape index (κ3) is 55.9. The van der Waals surface area contributed by atoms with Gasteiger partial charge >= 0.3 is 5.97 Å². The minimum Gasteiger partial charge on any atom is -0.466 e. The lowest BCUT2D eigenvalue weighted by Gasteiger charge is -2.22. The number of amides is 1. The predicted molar refractivity (Wildman–Crippen MR) is 306 cm³/mol. The van der Waals surface area contributed by atoms with E-state index in [0.29, 0.717) is 25.9 Å². The molecule has 2 unspecified atom stereocenters. The number of hydrogen-bond donors (Lipinski definition) is 3. The first-order valence-corrected chi connectivity index (χ1v) is 31.9. The van der Waals surface area contributed by atoms with Gasteiger partial charge in [-0.15, -0.1) is 0 Å². The average Bonchev–Trinajstić information content (AvgIpc) is 3.36. The van der Waals surface area contributed by atoms with Gasteiger partial charge in [0.25, 0.3) is 0 Å². The highest BCUT2D eigenvalue weighted by molar-refractivity contribution is 5.76. The van der Waals surface area contributed by atoms with E-state index in [1.165, 1.54) is 257 Å². The van der Waals surface area contributed by atoms with Gasteiger partial charge in [-0.05, 0) is 51.4 Å². The number of esters is 1. The molecule has 416 valence electrons. The fraction of sp³-hybridized carbons (Fsp3) is 0.938. The summed E-state index contributed by atoms with van der Waals surface area (Å²) in [5.74, 6) is -0.0506. The number of carbonyl (C=O) groups excluding carboxylic acids is 2. The summed E-state index contributed by atoms with van der Waals surface area (Å²) in [7, 11) is 0. The number of carbonyl (C=O) groups is 2. The van der Waals surface area contributed by atoms with Gasteiger partial charge in [-0.3, -0.25) is 9.59 Å². The third-order valence-electron chi connectivity index (χ3n) is 15.1. The quantitative estimate of drug-likeness (QED) is 0.0321. The first-order chi connectivity index (χ1) is 34.5. The summed E-state index contributed by atoms with van der Waals surface area (Å²) in [5.41, 5.74) is 0. The molecule has 6 heteroatoms. The molecule has 0 aliphatic heterocycles. The average molecular weight is 989 g/mol. The molecule has 0 aromatic heterocycles. The predicted octanol–water partition coefficient (Wildman–Crippen LogP) is 20.0. The first kappa shape index (κ1) is 68.6. The SMILES string of the molecule is CCCCCCCCCCCCCCCCCCCCCCC(O)C(CO)NC(=O)CCCCCCCCC/C=C\CCCCCCOC(=O)CCCCCCCCCCCCCCCCCCCC. The van der Waals surface area contributed by atoms with Crippen LogP contribution in [0, 0.1) is 0 Å². The molecule has 0 radical (unpaired) electrons. The number of aliphatic hydroxyl groups is 2. The third-order valence-corrected chi connectivity index (χ3v) is 15.1. The molecule has 6 nitrogen and oxygen atoms in total. The lowest BCUT2D eigenvalue weighted by Crippen LogP contribution is -2.45. The molecule has 0 heterocycles. The van der Waals surface area contributed by atoms with E-state index in [4.69, 9.17) is 4.74 Å². The molecule has 0 aliphatic rings. The molecule has 3 N–H and O–H groups in total. The van der Waals surface area contributed by atoms with E-state index < -0.39 is 12.1 Å². The largest absolute Gasteiger partial charge is 0.466 e. The highest BCUT2D eigenvalue weighted by Crippen LogP contribution is 2.18. The fourth-order valence-corrected chi connectivity index (χ4v) is 10.2. The number of unbranched alkanes of at least 4 members (excludes halogenated alkanes) is 47. The van der Waals surface area contributed by atoms with Crippen LogP contribution in [-0.4, -0.2) is 47.4 Å². The van der Waals surface area contributed by atoms with Crippen LogP contribution < -0.4 is 5.32 Å². The van der Waals surface area contributed by atoms with E-state index in [9.17, 15) is 19.8 Å². The summed E-state index contributed by atoms with van der Waals surface area (Å²) in [5, 5.41) is 23.4. The van der Waals surface area contributed by atoms with Crippen LogP contribution in [0.25, 0.3) is 0 Å². The molecule has 0 saturated heterocycles. The Labute approximate surface area is 438 Å². The zero-order valence-corrected chi connectivity index (χ0v) is 47.5. The molecular formula is C64H125NO5. The summed E-state index contributed by atoms with van der Waals surface area (Å²) in [6.07, 6.45) is 72.2. The summed E-state index contributed by atoms with van der Waals surface area (Å²) in [6.45, 7) is 4.96. The molecule has 0 spiro atoms. The minimum atomic E-state index is -0.674. The molecular weight excluding hydrogens is 863 g/mol. The number of hydrogen-bond acceptors (Lipinski definition) is 5. The van der Waals surface area contributed by atoms with Gasteiger partial charge in [-0.1, -0.05) is 309 Å². The second-order valence-electron chi connectivity index (χ2n) is 22.1. The van der Waals surface area contributed by atoms with Crippen LogP contribution in [0.3, 0.4) is 0 Å². The van der Waals surface area contributed by atoms with E-state index in [1.54, 1.807) is 0 Å². The Morgan fingerprint density at radius 1 is 0.386 bits per heavy atom. The van der Waals surface area contributed by atoms with Crippen LogP contribution in [0.1, 0.15) is 361 Å². The van der Waals surface area contributed by atoms with Crippen molar-refractivity contribution in [2.24, 2.45) is 0 Å². The number of nitrogens with one attached hydrogen (secondary N) is 1. The van der Waals surface area contributed by atoms with Crippen LogP contribution in [0.5, 0.6) is 0 Å². The van der Waals surface area contributed by atoms with Crippen molar-refractivity contribution in [3.05, 3.63) is 12.2 Å². The second-order valence-corrected chi connectivity index (χ2v) is 22.1. The van der Waals surface area contributed by atoms with Crippen LogP contribution in [-0.2, 0) is 14.3 Å². The van der Waals surface area contributed by atoms with Crippen LogP contribution in [0.2, 0.25) is 0 Å². The van der Waals surface area contributed by atoms with Crippen molar-refractivity contribution < 1.29 is 24.5 Å². The van der Waals surface area contributed by atoms with Crippen molar-refractivity contribution in [1.29, 1.82) is 0 Å². The highest BCUT2D eigenvalue weighted by atomic mass is 16.5. The highest BCUT2D eigenvalue weighted by Gasteiger charge is 2.20. The Bertz CT molecular complexity index is 1050. The van der Waals surface area contributed by atoms with Crippen molar-refractivity contribution in [3.63, 3.8) is 0 Å². The topological polar surface area (TPSA) is 95.9 Å². The van der Waals surface area contributed by atoms with E-state index in [-0.39, 0.29) is 18.5 Å². The molecule has 1 amide bonds. The Hall–Kier alpha value is -1.40. The molecule has 0 aromatic carbocycles. The number of rotatable bonds is 60. The lowest BCUT2D eigenvalue weighted by molar-refractivity contribution is -0.143. The van der Waals surface area contributed by atoms with Gasteiger partial charge in [-0.25, -0.2) is 0 Å². The number of ether oxygens (including phenoxy) is 1. The molecule has 70 heavy (non-hydrogen) atoms. The normalized spacial score (nSPS) is 12.6. The second kappa shape index (κ2) is 60.2. The molecule has 0 aliphatic carbocycles. The van der Waals surface area contributed by atoms with Crippen molar-refractivity contribution in [2.75, 3.05) is 13.2 Å². The zero-order chi connectivity index (χ0) is 50.7. The standard InChI is InChI=1S/C64H125NO5/c1-3-5-7-9-11-13-15-17-19-21-23-24-25-28-32-36-40-44-48-52-56-62(67)61(60-66)65-63(68)57-53-49-45-41-37-33-29-27-31-35-39-43-47-51-55-59-70-64(69)58-54-50-46-42-38-34-30-26-22-20-18-16-14-12-10-8-6-4-2/h31,35,61-62,66-67H,3-30,32-34,36-60H2,1-2H3,(H,65,68)/b35-31-. The summed E-state index contributed by atoms with van der Waals surface area (Å²) in [6, 6.07) is -0.553. The molecule has 0 saturated carbocycles. The van der Waals surface area contributed by atoms with Crippen molar-refractivity contribution in [3.8, 4) is 0 Å². The van der Waals surface area contributed by atoms with Gasteiger partial charge in [0.1, 0.15) is 0 Å². The van der Waals surface area contributed by atoms with E-state index in [2.05, 4.69) is 31.3 Å². The summed E-state index contributed by atoms with van der Waals surface area (Å²) >= 11 is 0. The first-order valence-electron chi connectivity index (χ1n) is 31.9. The van der Waals surface area contributed by atoms with Gasteiger partial charge in [0.05, 0.1) is 25.4 Å². The fourth-order valence-electron chi connectivity index (χ4n) is 10.2. The Morgan fingerprint density at radius 2 is 0.671 bits per heavy atom. The van der Waals surface area contributed by atoms with Crippen LogP contribution >= 0.6 is 0 Å². The lowest BCUT2D eigenvalue weighted by atomic mass is 10.0. The van der Waals surface area contributed by atoms with E-state index in [0.717, 1.165) is 70.6 Å². The Morgan fingerprint density at radius 3 is 1.01 bits per heavy atom. The van der Waals surface area contributed by atoms with E-state index in [1.807, 2.05) is 0 Å². The van der Waals surface area contributed by atoms with Crippen LogP contribution in [0.15, 0.2) is 12.2 Å². The maximum atomic E-state index is 12.5. The van der Waals surface area contributed by atoms with Crippen LogP contribution in [0.4, 0.5) is 0 Å². The van der Waals surface area contributed by atoms with Crippen molar-refractivity contribution in [2.45, 2.75) is 373 Å². The molecule has 0 fully saturated rings. The molecule has 0 rings (SSSR count). The molecule has 2 atom stereocenters. The van der Waals surface area contributed by atoms with Gasteiger partial charge in [-0.2, -0.15) is 0 Å². The maximum absolute atomic E-state index is 12.5. The van der Waals surface area contributed by atoms with Crippen molar-refractivity contribution in [1.82, 2.24) is 5.32 Å². The Balaban J connectivity index is 3.44. The van der Waals surface area contributed by atoms with E-state index >= 15 is 0 Å². The smallest absolute Gasteiger partial charge is 0.305 e. The van der Waals surface area contributed by atoms with Gasteiger partial charge in [0.2, 0.25) is 5.91 Å². The zero-order valence-electron chi connectivity index (χ0n) is 47.5. The van der Waals surface area contributed by atoms with Gasteiger partial charge in [0, 0.05) is 12.8 Å².